The molecule has 7 heteroatoms. The number of aromatic hydroxyl groups is 1. The highest BCUT2D eigenvalue weighted by molar-refractivity contribution is 7.89. The van der Waals surface area contributed by atoms with Gasteiger partial charge >= 0.3 is 0 Å². The molecule has 0 saturated carbocycles. The Morgan fingerprint density at radius 2 is 1.97 bits per heavy atom. The van der Waals surface area contributed by atoms with Crippen molar-refractivity contribution in [3.05, 3.63) is 58.3 Å². The summed E-state index contributed by atoms with van der Waals surface area (Å²) < 4.78 is 14.9. The third kappa shape index (κ3) is 2.61. The van der Waals surface area contributed by atoms with E-state index in [1.807, 2.05) is 18.2 Å². The third-order valence-corrected chi connectivity index (χ3v) is 7.82. The van der Waals surface area contributed by atoms with Crippen molar-refractivity contribution in [2.24, 2.45) is 0 Å². The number of benzene rings is 2. The van der Waals surface area contributed by atoms with Gasteiger partial charge in [-0.25, -0.2) is 0 Å². The molecule has 3 aromatic rings. The zero-order valence-corrected chi connectivity index (χ0v) is 17.6. The number of carbonyl (C=O) groups excluding carboxylic acids is 1. The normalized spacial score (nSPS) is 18.8. The van der Waals surface area contributed by atoms with Crippen molar-refractivity contribution in [3.63, 3.8) is 0 Å². The first-order valence-electron chi connectivity index (χ1n) is 9.98. The molecule has 2 N–H and O–H groups in total. The zero-order valence-electron chi connectivity index (χ0n) is 16.8. The van der Waals surface area contributed by atoms with Crippen LogP contribution < -0.4 is 0 Å². The molecule has 0 radical (unpaired) electrons. The Kier molecular flexibility index (Phi) is 4.23. The van der Waals surface area contributed by atoms with Gasteiger partial charge in [0.1, 0.15) is 0 Å². The van der Waals surface area contributed by atoms with Gasteiger partial charge in [-0.3, -0.25) is 4.79 Å². The summed E-state index contributed by atoms with van der Waals surface area (Å²) in [4.78, 5) is 17.2. The lowest BCUT2D eigenvalue weighted by molar-refractivity contribution is 0.103. The topological polar surface area (TPSA) is 103 Å². The molecule has 1 fully saturated rings. The molecule has 1 aliphatic carbocycles. The number of nitrogens with one attached hydrogen (secondary N) is 1. The van der Waals surface area contributed by atoms with Crippen LogP contribution in [0.3, 0.4) is 0 Å². The molecule has 1 saturated heterocycles. The summed E-state index contributed by atoms with van der Waals surface area (Å²) in [7, 11) is 0. The lowest BCUT2D eigenvalue weighted by atomic mass is 9.71. The van der Waals surface area contributed by atoms with E-state index in [0.29, 0.717) is 22.3 Å². The Labute approximate surface area is 177 Å². The van der Waals surface area contributed by atoms with E-state index in [-0.39, 0.29) is 16.4 Å². The van der Waals surface area contributed by atoms with Gasteiger partial charge in [0.2, 0.25) is 4.90 Å². The largest absolute Gasteiger partial charge is 0.593 e. The number of nitriles is 1. The molecule has 2 aliphatic rings. The van der Waals surface area contributed by atoms with Gasteiger partial charge in [-0.05, 0) is 36.6 Å². The summed E-state index contributed by atoms with van der Waals surface area (Å²) in [5.41, 5.74) is 3.19. The minimum Gasteiger partial charge on any atom is -0.593 e. The van der Waals surface area contributed by atoms with E-state index in [1.165, 1.54) is 0 Å². The molecule has 1 aromatic heterocycles. The highest BCUT2D eigenvalue weighted by atomic mass is 32.2. The van der Waals surface area contributed by atoms with Crippen molar-refractivity contribution in [2.45, 2.75) is 37.0 Å². The summed E-state index contributed by atoms with van der Waals surface area (Å²) in [6.07, 6.45) is 1.96. The van der Waals surface area contributed by atoms with Crippen LogP contribution in [-0.4, -0.2) is 37.8 Å². The molecule has 0 spiro atoms. The lowest BCUT2D eigenvalue weighted by Crippen LogP contribution is -2.32. The van der Waals surface area contributed by atoms with Crippen molar-refractivity contribution in [3.8, 4) is 11.8 Å². The number of aromatic amines is 1. The Hall–Kier alpha value is -2.79. The van der Waals surface area contributed by atoms with Crippen molar-refractivity contribution in [1.29, 1.82) is 5.26 Å². The maximum atomic E-state index is 13.6. The van der Waals surface area contributed by atoms with Crippen LogP contribution in [0, 0.1) is 11.3 Å². The predicted molar refractivity (Wildman–Crippen MR) is 114 cm³/mol. The second-order valence-electron chi connectivity index (χ2n) is 8.45. The van der Waals surface area contributed by atoms with E-state index in [9.17, 15) is 19.7 Å². The molecule has 5 rings (SSSR count). The number of H-pyrrole nitrogens is 1. The summed E-state index contributed by atoms with van der Waals surface area (Å²) in [6.45, 7) is 5.43. The van der Waals surface area contributed by atoms with Crippen LogP contribution >= 0.6 is 0 Å². The SMILES string of the molecule is CC1(C)c2cc(O)c([S+]([O-])N3CCCC3)cc2C(=O)c2c1[nH]c1cc(C#N)ccc21. The van der Waals surface area contributed by atoms with Gasteiger partial charge < -0.3 is 14.6 Å². The van der Waals surface area contributed by atoms with E-state index in [0.717, 1.165) is 42.5 Å². The molecule has 1 unspecified atom stereocenters. The smallest absolute Gasteiger partial charge is 0.216 e. The maximum Gasteiger partial charge on any atom is 0.216 e. The number of fused-ring (bicyclic) bond motifs is 4. The standard InChI is InChI=1S/C23H21N3O3S/c1-23(2)16-11-18(27)19(30(29)26-7-3-4-8-26)10-15(16)21(28)20-14-6-5-13(12-24)9-17(14)25-22(20)23/h5-6,9-11,25,27H,3-4,7-8H2,1-2H3. The first kappa shape index (κ1) is 19.2. The van der Waals surface area contributed by atoms with Crippen LogP contribution in [0.1, 0.15) is 59.4 Å². The number of aromatic nitrogens is 1. The summed E-state index contributed by atoms with van der Waals surface area (Å²) in [6, 6.07) is 10.6. The van der Waals surface area contributed by atoms with E-state index < -0.39 is 16.8 Å². The fraction of sp³-hybridized carbons (Fsp3) is 0.304. The fourth-order valence-corrected chi connectivity index (χ4v) is 5.97. The molecule has 0 amide bonds. The van der Waals surface area contributed by atoms with Crippen LogP contribution in [0.25, 0.3) is 10.9 Å². The molecular weight excluding hydrogens is 398 g/mol. The minimum absolute atomic E-state index is 0.0498. The van der Waals surface area contributed by atoms with Crippen molar-refractivity contribution in [1.82, 2.24) is 9.29 Å². The molecule has 1 atom stereocenters. The number of carbonyl (C=O) groups is 1. The fourth-order valence-electron chi connectivity index (χ4n) is 4.65. The molecular formula is C23H21N3O3S. The number of hydrogen-bond donors (Lipinski definition) is 2. The second-order valence-corrected chi connectivity index (χ2v) is 9.91. The van der Waals surface area contributed by atoms with Crippen molar-refractivity contribution in [2.75, 3.05) is 13.1 Å². The van der Waals surface area contributed by atoms with Gasteiger partial charge in [0, 0.05) is 46.7 Å². The summed E-state index contributed by atoms with van der Waals surface area (Å²) >= 11 is -1.50. The quantitative estimate of drug-likeness (QED) is 0.616. The Balaban J connectivity index is 1.70. The molecule has 152 valence electrons. The van der Waals surface area contributed by atoms with Crippen LogP contribution in [0.5, 0.6) is 5.75 Å². The van der Waals surface area contributed by atoms with E-state index in [4.69, 9.17) is 0 Å². The van der Waals surface area contributed by atoms with Crippen molar-refractivity contribution < 1.29 is 14.5 Å². The number of phenols is 1. The number of ketones is 1. The summed E-state index contributed by atoms with van der Waals surface area (Å²) in [5, 5.41) is 20.7. The minimum atomic E-state index is -1.50. The number of hydrogen-bond acceptors (Lipinski definition) is 5. The molecule has 2 heterocycles. The highest BCUT2D eigenvalue weighted by Crippen LogP contribution is 2.46. The van der Waals surface area contributed by atoms with Gasteiger partial charge in [-0.2, -0.15) is 5.26 Å². The Morgan fingerprint density at radius 3 is 2.67 bits per heavy atom. The molecule has 30 heavy (non-hydrogen) atoms. The van der Waals surface area contributed by atoms with Crippen LogP contribution in [-0.2, 0) is 16.8 Å². The monoisotopic (exact) mass is 419 g/mol. The Bertz CT molecular complexity index is 1250. The first-order chi connectivity index (χ1) is 14.3. The van der Waals surface area contributed by atoms with Crippen LogP contribution in [0.2, 0.25) is 0 Å². The zero-order chi connectivity index (χ0) is 21.2. The van der Waals surface area contributed by atoms with Gasteiger partial charge in [-0.1, -0.05) is 19.9 Å². The Morgan fingerprint density at radius 1 is 1.23 bits per heavy atom. The number of phenolic OH excluding ortho intramolecular Hbond substituents is 1. The molecule has 1 aliphatic heterocycles. The van der Waals surface area contributed by atoms with E-state index in [2.05, 4.69) is 11.1 Å². The van der Waals surface area contributed by atoms with Gasteiger partial charge in [0.15, 0.2) is 11.5 Å². The predicted octanol–water partition coefficient (Wildman–Crippen LogP) is 3.73. The van der Waals surface area contributed by atoms with Crippen LogP contribution in [0.15, 0.2) is 35.2 Å². The maximum absolute atomic E-state index is 13.6. The number of rotatable bonds is 2. The van der Waals surface area contributed by atoms with Crippen molar-refractivity contribution >= 4 is 28.0 Å². The third-order valence-electron chi connectivity index (χ3n) is 6.28. The van der Waals surface area contributed by atoms with E-state index >= 15 is 0 Å². The molecule has 6 nitrogen and oxygen atoms in total. The molecule has 0 bridgehead atoms. The van der Waals surface area contributed by atoms with Crippen LogP contribution in [0.4, 0.5) is 0 Å². The highest BCUT2D eigenvalue weighted by Gasteiger charge is 2.42. The average Bonchev–Trinajstić information content (AvgIpc) is 3.39. The van der Waals surface area contributed by atoms with Gasteiger partial charge in [-0.15, -0.1) is 4.31 Å². The van der Waals surface area contributed by atoms with Gasteiger partial charge in [0.25, 0.3) is 0 Å². The van der Waals surface area contributed by atoms with Gasteiger partial charge in [0.05, 0.1) is 28.6 Å². The van der Waals surface area contributed by atoms with E-state index in [1.54, 1.807) is 30.3 Å². The second kappa shape index (κ2) is 6.61. The lowest BCUT2D eigenvalue weighted by Gasteiger charge is -2.32. The molecule has 2 aromatic carbocycles. The summed E-state index contributed by atoms with van der Waals surface area (Å²) in [5.74, 6) is -0.207. The average molecular weight is 420 g/mol. The number of nitrogens with zero attached hydrogens (tertiary/aromatic N) is 2. The first-order valence-corrected chi connectivity index (χ1v) is 11.1.